The maximum atomic E-state index is 13.3. The maximum absolute atomic E-state index is 13.3. The van der Waals surface area contributed by atoms with E-state index in [-0.39, 0.29) is 5.95 Å². The Kier molecular flexibility index (Phi) is 3.40. The summed E-state index contributed by atoms with van der Waals surface area (Å²) >= 11 is 1.49. The molecule has 8 heteroatoms. The Morgan fingerprint density at radius 1 is 1.14 bits per heavy atom. The number of nitrogen functional groups attached to an aromatic ring is 1. The monoisotopic (exact) mass is 307 g/mol. The molecule has 1 aromatic carbocycles. The topological polar surface area (TPSA) is 75.9 Å². The fourth-order valence-electron chi connectivity index (χ4n) is 1.91. The van der Waals surface area contributed by atoms with E-state index in [2.05, 4.69) is 20.7 Å². The summed E-state index contributed by atoms with van der Waals surface area (Å²) in [5.41, 5.74) is 2.77. The van der Waals surface area contributed by atoms with Crippen LogP contribution < -0.4 is 16.6 Å². The maximum Gasteiger partial charge on any atom is 0.240 e. The highest BCUT2D eigenvalue weighted by Crippen LogP contribution is 2.31. The standard InChI is InChI=1S/C13H11F2N5S/c1-6-4-8-11(18-13(20-16)19-12(8)21-6)17-7-2-3-9(14)10(15)5-7/h2-5H,16H2,1H3,(H2,17,18,19,20). The molecule has 0 unspecified atom stereocenters. The van der Waals surface area contributed by atoms with Crippen molar-refractivity contribution < 1.29 is 8.78 Å². The number of hydrogen-bond acceptors (Lipinski definition) is 6. The molecule has 3 aromatic rings. The van der Waals surface area contributed by atoms with Crippen molar-refractivity contribution in [3.8, 4) is 0 Å². The van der Waals surface area contributed by atoms with Crippen molar-refractivity contribution in [3.63, 3.8) is 0 Å². The summed E-state index contributed by atoms with van der Waals surface area (Å²) in [5.74, 6) is 4.24. The zero-order valence-electron chi connectivity index (χ0n) is 10.9. The van der Waals surface area contributed by atoms with E-state index < -0.39 is 11.6 Å². The molecule has 0 atom stereocenters. The number of nitrogens with two attached hydrogens (primary N) is 1. The number of fused-ring (bicyclic) bond motifs is 1. The molecule has 4 N–H and O–H groups in total. The van der Waals surface area contributed by atoms with E-state index in [0.29, 0.717) is 11.5 Å². The van der Waals surface area contributed by atoms with Gasteiger partial charge in [-0.1, -0.05) is 0 Å². The Labute approximate surface area is 122 Å². The summed E-state index contributed by atoms with van der Waals surface area (Å²) in [4.78, 5) is 10.3. The zero-order chi connectivity index (χ0) is 15.0. The fraction of sp³-hybridized carbons (Fsp3) is 0.0769. The highest BCUT2D eigenvalue weighted by molar-refractivity contribution is 7.18. The third kappa shape index (κ3) is 2.63. The van der Waals surface area contributed by atoms with E-state index in [9.17, 15) is 8.78 Å². The summed E-state index contributed by atoms with van der Waals surface area (Å²) in [5, 5.41) is 3.75. The summed E-state index contributed by atoms with van der Waals surface area (Å²) in [6, 6.07) is 5.47. The van der Waals surface area contributed by atoms with Crippen molar-refractivity contribution in [2.75, 3.05) is 10.7 Å². The number of benzene rings is 1. The molecule has 3 rings (SSSR count). The number of halogens is 2. The number of aromatic nitrogens is 2. The first-order valence-electron chi connectivity index (χ1n) is 6.03. The van der Waals surface area contributed by atoms with Crippen molar-refractivity contribution in [2.45, 2.75) is 6.92 Å². The lowest BCUT2D eigenvalue weighted by atomic mass is 10.3. The van der Waals surface area contributed by atoms with Gasteiger partial charge >= 0.3 is 0 Å². The minimum absolute atomic E-state index is 0.245. The molecule has 0 amide bonds. The summed E-state index contributed by atoms with van der Waals surface area (Å²) in [6.45, 7) is 1.95. The lowest BCUT2D eigenvalue weighted by molar-refractivity contribution is 0.509. The third-order valence-corrected chi connectivity index (χ3v) is 3.77. The number of anilines is 3. The van der Waals surface area contributed by atoms with Gasteiger partial charge in [-0.05, 0) is 25.1 Å². The molecular formula is C13H11F2N5S. The Morgan fingerprint density at radius 2 is 1.95 bits per heavy atom. The van der Waals surface area contributed by atoms with Crippen LogP contribution in [-0.2, 0) is 0 Å². The molecule has 0 radical (unpaired) electrons. The lowest BCUT2D eigenvalue weighted by Crippen LogP contribution is -2.11. The predicted octanol–water partition coefficient (Wildman–Crippen LogP) is 3.31. The summed E-state index contributed by atoms with van der Waals surface area (Å²) in [6.07, 6.45) is 0. The van der Waals surface area contributed by atoms with Crippen LogP contribution in [0.15, 0.2) is 24.3 Å². The highest BCUT2D eigenvalue weighted by atomic mass is 32.1. The molecule has 0 bridgehead atoms. The normalized spacial score (nSPS) is 10.9. The van der Waals surface area contributed by atoms with Crippen molar-refractivity contribution in [1.82, 2.24) is 9.97 Å². The second kappa shape index (κ2) is 5.23. The minimum atomic E-state index is -0.927. The number of rotatable bonds is 3. The van der Waals surface area contributed by atoms with Gasteiger partial charge in [-0.3, -0.25) is 5.43 Å². The van der Waals surface area contributed by atoms with Gasteiger partial charge in [0.1, 0.15) is 10.6 Å². The number of nitrogens with one attached hydrogen (secondary N) is 2. The van der Waals surface area contributed by atoms with Gasteiger partial charge in [-0.15, -0.1) is 11.3 Å². The van der Waals surface area contributed by atoms with E-state index in [0.717, 1.165) is 27.2 Å². The predicted molar refractivity (Wildman–Crippen MR) is 79.6 cm³/mol. The van der Waals surface area contributed by atoms with Gasteiger partial charge in [-0.25, -0.2) is 19.6 Å². The molecule has 0 fully saturated rings. The van der Waals surface area contributed by atoms with Crippen molar-refractivity contribution in [1.29, 1.82) is 0 Å². The first-order valence-corrected chi connectivity index (χ1v) is 6.85. The molecule has 21 heavy (non-hydrogen) atoms. The molecule has 5 nitrogen and oxygen atoms in total. The van der Waals surface area contributed by atoms with Gasteiger partial charge in [0.2, 0.25) is 5.95 Å². The first kappa shape index (κ1) is 13.7. The molecule has 0 spiro atoms. The quantitative estimate of drug-likeness (QED) is 0.511. The fourth-order valence-corrected chi connectivity index (χ4v) is 2.79. The van der Waals surface area contributed by atoms with Crippen molar-refractivity contribution in [2.24, 2.45) is 5.84 Å². The van der Waals surface area contributed by atoms with Crippen LogP contribution in [0, 0.1) is 18.6 Å². The van der Waals surface area contributed by atoms with Gasteiger partial charge in [0.05, 0.1) is 5.39 Å². The van der Waals surface area contributed by atoms with Crippen LogP contribution in [0.2, 0.25) is 0 Å². The summed E-state index contributed by atoms with van der Waals surface area (Å²) < 4.78 is 26.2. The van der Waals surface area contributed by atoms with Gasteiger partial charge < -0.3 is 5.32 Å². The van der Waals surface area contributed by atoms with Crippen molar-refractivity contribution in [3.05, 3.63) is 40.8 Å². The number of thiophene rings is 1. The van der Waals surface area contributed by atoms with Gasteiger partial charge in [-0.2, -0.15) is 4.98 Å². The number of hydrazine groups is 1. The van der Waals surface area contributed by atoms with E-state index in [4.69, 9.17) is 5.84 Å². The molecule has 2 aromatic heterocycles. The molecule has 2 heterocycles. The number of nitrogens with zero attached hydrogens (tertiary/aromatic N) is 2. The minimum Gasteiger partial charge on any atom is -0.339 e. The molecular weight excluding hydrogens is 296 g/mol. The molecule has 0 aliphatic carbocycles. The largest absolute Gasteiger partial charge is 0.339 e. The second-order valence-electron chi connectivity index (χ2n) is 4.37. The van der Waals surface area contributed by atoms with Crippen LogP contribution in [0.1, 0.15) is 4.88 Å². The molecule has 0 aliphatic heterocycles. The van der Waals surface area contributed by atoms with Gasteiger partial charge in [0.15, 0.2) is 11.6 Å². The van der Waals surface area contributed by atoms with Gasteiger partial charge in [0.25, 0.3) is 0 Å². The van der Waals surface area contributed by atoms with Crippen LogP contribution >= 0.6 is 11.3 Å². The van der Waals surface area contributed by atoms with Crippen molar-refractivity contribution >= 4 is 39.0 Å². The van der Waals surface area contributed by atoms with Crippen LogP contribution in [0.4, 0.5) is 26.2 Å². The average Bonchev–Trinajstić information content (AvgIpc) is 2.83. The Hall–Kier alpha value is -2.32. The second-order valence-corrected chi connectivity index (χ2v) is 5.60. The van der Waals surface area contributed by atoms with E-state index >= 15 is 0 Å². The molecule has 0 saturated carbocycles. The van der Waals surface area contributed by atoms with Crippen LogP contribution in [-0.4, -0.2) is 9.97 Å². The number of aryl methyl sites for hydroxylation is 1. The Morgan fingerprint density at radius 3 is 2.67 bits per heavy atom. The Bertz CT molecular complexity index is 818. The van der Waals surface area contributed by atoms with Gasteiger partial charge in [0, 0.05) is 16.6 Å². The van der Waals surface area contributed by atoms with Crippen LogP contribution in [0.3, 0.4) is 0 Å². The molecule has 0 aliphatic rings. The Balaban J connectivity index is 2.07. The summed E-state index contributed by atoms with van der Waals surface area (Å²) in [7, 11) is 0. The SMILES string of the molecule is Cc1cc2c(Nc3ccc(F)c(F)c3)nc(NN)nc2s1. The van der Waals surface area contributed by atoms with Crippen LogP contribution in [0.5, 0.6) is 0 Å². The number of hydrogen-bond donors (Lipinski definition) is 3. The third-order valence-electron chi connectivity index (χ3n) is 2.83. The molecule has 0 saturated heterocycles. The van der Waals surface area contributed by atoms with Crippen LogP contribution in [0.25, 0.3) is 10.2 Å². The lowest BCUT2D eigenvalue weighted by Gasteiger charge is -2.08. The highest BCUT2D eigenvalue weighted by Gasteiger charge is 2.11. The zero-order valence-corrected chi connectivity index (χ0v) is 11.8. The molecule has 108 valence electrons. The first-order chi connectivity index (χ1) is 10.1. The smallest absolute Gasteiger partial charge is 0.240 e. The van der Waals surface area contributed by atoms with E-state index in [1.807, 2.05) is 13.0 Å². The van der Waals surface area contributed by atoms with E-state index in [1.165, 1.54) is 17.4 Å². The van der Waals surface area contributed by atoms with E-state index in [1.54, 1.807) is 0 Å². The average molecular weight is 307 g/mol.